The van der Waals surface area contributed by atoms with Crippen molar-refractivity contribution in [3.05, 3.63) is 70.0 Å². The third-order valence-corrected chi connectivity index (χ3v) is 7.50. The first-order chi connectivity index (χ1) is 19.2. The van der Waals surface area contributed by atoms with Gasteiger partial charge in [-0.1, -0.05) is 56.6 Å². The lowest BCUT2D eigenvalue weighted by atomic mass is 9.75. The van der Waals surface area contributed by atoms with Gasteiger partial charge in [-0.05, 0) is 68.3 Å². The Hall–Kier alpha value is -2.94. The predicted molar refractivity (Wildman–Crippen MR) is 157 cm³/mol. The van der Waals surface area contributed by atoms with E-state index in [4.69, 9.17) is 21.7 Å². The molecule has 0 radical (unpaired) electrons. The third kappa shape index (κ3) is 7.83. The third-order valence-electron chi connectivity index (χ3n) is 7.21. The van der Waals surface area contributed by atoms with Crippen molar-refractivity contribution in [2.75, 3.05) is 20.7 Å². The number of halogens is 2. The van der Waals surface area contributed by atoms with Crippen molar-refractivity contribution < 1.29 is 23.9 Å². The normalized spacial score (nSPS) is 22.4. The Balaban J connectivity index is 0.000000622. The van der Waals surface area contributed by atoms with Crippen molar-refractivity contribution in [3.8, 4) is 0 Å². The molecule has 0 aromatic heterocycles. The van der Waals surface area contributed by atoms with Gasteiger partial charge >= 0.3 is 0 Å². The molecule has 1 aliphatic carbocycles. The van der Waals surface area contributed by atoms with E-state index in [9.17, 15) is 18.8 Å². The van der Waals surface area contributed by atoms with E-state index in [2.05, 4.69) is 26.1 Å². The molecule has 4 rings (SSSR count). The molecular weight excluding hydrogens is 533 g/mol. The van der Waals surface area contributed by atoms with Crippen molar-refractivity contribution in [3.63, 3.8) is 0 Å². The standard InChI is InChI=1S/C26H28ClFN2O2.C4H9NO.CH4O/c1-4-23(19-7-5-18(15-31)6-8-19)30-25(32)24(20-9-10-22(28)21(27)12-20)29-26(30)13-16(2)11-17(3)14-26;1-5-3-2-4-6;1-2/h5-10,12,15-17,23H,4,11,13-14H2,1-3H3;4-5H,2-3H2,1H3;2H,1H3. The number of rotatable bonds is 8. The number of nitrogens with one attached hydrogen (secondary N) is 1. The number of hydrogen-bond acceptors (Lipinski definition) is 6. The van der Waals surface area contributed by atoms with Crippen LogP contribution in [0.4, 0.5) is 4.39 Å². The minimum Gasteiger partial charge on any atom is -0.400 e. The van der Waals surface area contributed by atoms with Crippen LogP contribution >= 0.6 is 11.6 Å². The lowest BCUT2D eigenvalue weighted by molar-refractivity contribution is -0.134. The lowest BCUT2D eigenvalue weighted by Crippen LogP contribution is -2.52. The molecule has 0 saturated heterocycles. The van der Waals surface area contributed by atoms with Crippen molar-refractivity contribution in [2.24, 2.45) is 16.8 Å². The molecule has 1 fully saturated rings. The zero-order chi connectivity index (χ0) is 29.9. The van der Waals surface area contributed by atoms with Crippen LogP contribution in [0.3, 0.4) is 0 Å². The molecule has 1 aliphatic heterocycles. The number of benzene rings is 2. The average Bonchev–Trinajstić information content (AvgIpc) is 3.21. The maximum atomic E-state index is 13.9. The van der Waals surface area contributed by atoms with Crippen LogP contribution in [0.15, 0.2) is 47.5 Å². The molecule has 2 N–H and O–H groups in total. The van der Waals surface area contributed by atoms with E-state index in [1.54, 1.807) is 18.2 Å². The van der Waals surface area contributed by atoms with E-state index in [1.165, 1.54) is 12.1 Å². The van der Waals surface area contributed by atoms with E-state index < -0.39 is 11.5 Å². The van der Waals surface area contributed by atoms with E-state index in [0.717, 1.165) is 51.1 Å². The fraction of sp³-hybridized carbons (Fsp3) is 0.484. The molecule has 7 nitrogen and oxygen atoms in total. The van der Waals surface area contributed by atoms with Gasteiger partial charge in [0.05, 0.1) is 11.1 Å². The molecule has 3 atom stereocenters. The van der Waals surface area contributed by atoms with E-state index in [1.807, 2.05) is 24.1 Å². The Morgan fingerprint density at radius 2 is 1.77 bits per heavy atom. The largest absolute Gasteiger partial charge is 0.400 e. The topological polar surface area (TPSA) is 99.1 Å². The molecule has 2 aliphatic rings. The van der Waals surface area contributed by atoms with Gasteiger partial charge in [0, 0.05) is 31.2 Å². The summed E-state index contributed by atoms with van der Waals surface area (Å²) in [6, 6.07) is 11.6. The summed E-state index contributed by atoms with van der Waals surface area (Å²) in [5.74, 6) is 0.169. The maximum absolute atomic E-state index is 13.9. The lowest BCUT2D eigenvalue weighted by Gasteiger charge is -2.47. The average molecular weight is 574 g/mol. The Labute approximate surface area is 241 Å². The number of aliphatic hydroxyl groups is 1. The minimum absolute atomic E-state index is 0.0210. The van der Waals surface area contributed by atoms with Gasteiger partial charge in [0.2, 0.25) is 0 Å². The van der Waals surface area contributed by atoms with Crippen LogP contribution < -0.4 is 5.32 Å². The summed E-state index contributed by atoms with van der Waals surface area (Å²) >= 11 is 6.03. The Kier molecular flexibility index (Phi) is 13.1. The molecule has 3 unspecified atom stereocenters. The summed E-state index contributed by atoms with van der Waals surface area (Å²) in [4.78, 5) is 41.5. The number of hydrogen-bond donors (Lipinski definition) is 2. The fourth-order valence-electron chi connectivity index (χ4n) is 5.78. The second kappa shape index (κ2) is 15.7. The smallest absolute Gasteiger partial charge is 0.275 e. The molecule has 218 valence electrons. The zero-order valence-electron chi connectivity index (χ0n) is 24.0. The number of aliphatic imine (C=N–C) groups is 1. The summed E-state index contributed by atoms with van der Waals surface area (Å²) in [6.07, 6.45) is 5.71. The van der Waals surface area contributed by atoms with Gasteiger partial charge in [-0.2, -0.15) is 0 Å². The first-order valence-corrected chi connectivity index (χ1v) is 14.0. The number of carbonyl (C=O) groups excluding carboxylic acids is 3. The molecule has 2 aromatic rings. The molecule has 1 spiro atoms. The summed E-state index contributed by atoms with van der Waals surface area (Å²) in [5, 5.41) is 9.82. The number of aliphatic hydroxyl groups excluding tert-OH is 1. The van der Waals surface area contributed by atoms with Crippen LogP contribution in [-0.4, -0.2) is 60.6 Å². The van der Waals surface area contributed by atoms with Crippen molar-refractivity contribution in [2.45, 2.75) is 64.6 Å². The van der Waals surface area contributed by atoms with Crippen LogP contribution in [0.25, 0.3) is 0 Å². The van der Waals surface area contributed by atoms with Gasteiger partial charge in [0.25, 0.3) is 5.91 Å². The van der Waals surface area contributed by atoms with Crippen LogP contribution in [-0.2, 0) is 9.59 Å². The van der Waals surface area contributed by atoms with Crippen LogP contribution in [0, 0.1) is 17.7 Å². The van der Waals surface area contributed by atoms with Crippen molar-refractivity contribution in [1.29, 1.82) is 0 Å². The number of amides is 1. The summed E-state index contributed by atoms with van der Waals surface area (Å²) < 4.78 is 13.8. The Morgan fingerprint density at radius 1 is 1.15 bits per heavy atom. The molecule has 1 heterocycles. The van der Waals surface area contributed by atoms with E-state index in [0.29, 0.717) is 41.5 Å². The highest BCUT2D eigenvalue weighted by Crippen LogP contribution is 2.48. The Morgan fingerprint density at radius 3 is 2.25 bits per heavy atom. The SMILES string of the molecule is CCC(c1ccc(C=O)cc1)N1C(=O)C(c2ccc(F)c(Cl)c2)=NC12CC(C)CC(C)C2.CNCCC=O.CO. The number of aldehydes is 2. The van der Waals surface area contributed by atoms with Crippen LogP contribution in [0.1, 0.15) is 80.4 Å². The predicted octanol–water partition coefficient (Wildman–Crippen LogP) is 5.63. The molecule has 2 aromatic carbocycles. The summed E-state index contributed by atoms with van der Waals surface area (Å²) in [5.41, 5.74) is 1.82. The number of carbonyl (C=O) groups is 3. The van der Waals surface area contributed by atoms with E-state index in [-0.39, 0.29) is 17.0 Å². The summed E-state index contributed by atoms with van der Waals surface area (Å²) in [6.45, 7) is 7.27. The first-order valence-electron chi connectivity index (χ1n) is 13.7. The van der Waals surface area contributed by atoms with Gasteiger partial charge in [0.15, 0.2) is 0 Å². The van der Waals surface area contributed by atoms with Gasteiger partial charge in [0.1, 0.15) is 29.8 Å². The number of nitrogens with zero attached hydrogens (tertiary/aromatic N) is 2. The van der Waals surface area contributed by atoms with Crippen molar-refractivity contribution in [1.82, 2.24) is 10.2 Å². The highest BCUT2D eigenvalue weighted by atomic mass is 35.5. The van der Waals surface area contributed by atoms with E-state index >= 15 is 0 Å². The molecule has 9 heteroatoms. The highest BCUT2D eigenvalue weighted by molar-refractivity contribution is 6.47. The molecule has 1 saturated carbocycles. The highest BCUT2D eigenvalue weighted by Gasteiger charge is 2.52. The van der Waals surface area contributed by atoms with Gasteiger partial charge < -0.3 is 20.1 Å². The quantitative estimate of drug-likeness (QED) is 0.315. The molecular formula is C31H41ClFN3O4. The molecule has 40 heavy (non-hydrogen) atoms. The van der Waals surface area contributed by atoms with Crippen LogP contribution in [0.5, 0.6) is 0 Å². The molecule has 0 bridgehead atoms. The van der Waals surface area contributed by atoms with Gasteiger partial charge in [-0.15, -0.1) is 0 Å². The van der Waals surface area contributed by atoms with Crippen LogP contribution in [0.2, 0.25) is 5.02 Å². The minimum atomic E-state index is -0.644. The fourth-order valence-corrected chi connectivity index (χ4v) is 5.96. The Bertz CT molecular complexity index is 1160. The second-order valence-corrected chi connectivity index (χ2v) is 10.8. The maximum Gasteiger partial charge on any atom is 0.275 e. The summed E-state index contributed by atoms with van der Waals surface area (Å²) in [7, 11) is 2.82. The first kappa shape index (κ1) is 33.3. The monoisotopic (exact) mass is 573 g/mol. The molecule has 1 amide bonds. The second-order valence-electron chi connectivity index (χ2n) is 10.4. The van der Waals surface area contributed by atoms with Gasteiger partial charge in [-0.25, -0.2) is 4.39 Å². The van der Waals surface area contributed by atoms with Gasteiger partial charge in [-0.3, -0.25) is 14.6 Å². The van der Waals surface area contributed by atoms with Crippen molar-refractivity contribution >= 4 is 35.8 Å². The zero-order valence-corrected chi connectivity index (χ0v) is 24.7.